The predicted molar refractivity (Wildman–Crippen MR) is 81.6 cm³/mol. The fourth-order valence-corrected chi connectivity index (χ4v) is 2.38. The molecule has 0 aliphatic carbocycles. The molecule has 1 atom stereocenters. The van der Waals surface area contributed by atoms with E-state index in [1.807, 2.05) is 6.92 Å². The quantitative estimate of drug-likeness (QED) is 0.694. The minimum Gasteiger partial charge on any atom is -0.484 e. The van der Waals surface area contributed by atoms with Gasteiger partial charge in [0.1, 0.15) is 17.4 Å². The van der Waals surface area contributed by atoms with Gasteiger partial charge in [-0.05, 0) is 35.9 Å². The van der Waals surface area contributed by atoms with Crippen LogP contribution in [-0.4, -0.2) is 22.8 Å². The molecule has 3 nitrogen and oxygen atoms in total. The van der Waals surface area contributed by atoms with Gasteiger partial charge in [-0.15, -0.1) is 0 Å². The van der Waals surface area contributed by atoms with Crippen molar-refractivity contribution in [3.8, 4) is 5.75 Å². The van der Waals surface area contributed by atoms with Crippen molar-refractivity contribution < 1.29 is 22.3 Å². The fourth-order valence-electron chi connectivity index (χ4n) is 2.38. The monoisotopic (exact) mass is 338 g/mol. The lowest BCUT2D eigenvalue weighted by atomic mass is 10.0. The first-order valence-electron chi connectivity index (χ1n) is 7.26. The van der Waals surface area contributed by atoms with Gasteiger partial charge in [0, 0.05) is 5.92 Å². The van der Waals surface area contributed by atoms with Gasteiger partial charge < -0.3 is 9.72 Å². The Hall–Kier alpha value is -2.57. The third-order valence-electron chi connectivity index (χ3n) is 3.65. The number of nitrogens with zero attached hydrogens (tertiary/aromatic N) is 1. The molecular formula is C17H14F4N2O. The molecule has 3 aromatic rings. The molecule has 7 heteroatoms. The maximum absolute atomic E-state index is 13.2. The maximum atomic E-state index is 13.2. The van der Waals surface area contributed by atoms with Crippen molar-refractivity contribution in [3.63, 3.8) is 0 Å². The van der Waals surface area contributed by atoms with Crippen molar-refractivity contribution in [2.24, 2.45) is 0 Å². The highest BCUT2D eigenvalue weighted by Gasteiger charge is 2.28. The smallest absolute Gasteiger partial charge is 0.422 e. The second-order valence-corrected chi connectivity index (χ2v) is 5.48. The number of hydrogen-bond acceptors (Lipinski definition) is 2. The van der Waals surface area contributed by atoms with Crippen LogP contribution in [0.4, 0.5) is 17.6 Å². The molecule has 1 unspecified atom stereocenters. The van der Waals surface area contributed by atoms with Crippen LogP contribution in [0.25, 0.3) is 11.0 Å². The molecule has 2 aromatic carbocycles. The van der Waals surface area contributed by atoms with Crippen LogP contribution in [0.3, 0.4) is 0 Å². The lowest BCUT2D eigenvalue weighted by molar-refractivity contribution is -0.153. The lowest BCUT2D eigenvalue weighted by Crippen LogP contribution is -2.19. The number of aromatic nitrogens is 2. The molecule has 0 amide bonds. The second kappa shape index (κ2) is 6.14. The van der Waals surface area contributed by atoms with Crippen LogP contribution >= 0.6 is 0 Å². The Bertz CT molecular complexity index is 840. The van der Waals surface area contributed by atoms with Crippen molar-refractivity contribution in [2.45, 2.75) is 19.0 Å². The summed E-state index contributed by atoms with van der Waals surface area (Å²) in [5.74, 6) is 0.322. The molecule has 0 saturated heterocycles. The minimum atomic E-state index is -4.37. The van der Waals surface area contributed by atoms with Crippen LogP contribution in [0.1, 0.15) is 24.2 Å². The number of alkyl halides is 3. The standard InChI is InChI=1S/C17H14F4N2O/c1-10(16-22-14-7-4-12(18)8-15(14)23-16)11-2-5-13(6-3-11)24-9-17(19,20)21/h2-8,10H,9H2,1H3,(H,22,23). The van der Waals surface area contributed by atoms with Gasteiger partial charge in [-0.3, -0.25) is 0 Å². The number of benzene rings is 2. The van der Waals surface area contributed by atoms with Crippen molar-refractivity contribution in [2.75, 3.05) is 6.61 Å². The molecule has 0 aliphatic rings. The number of halogens is 4. The van der Waals surface area contributed by atoms with E-state index in [1.54, 1.807) is 18.2 Å². The zero-order valence-corrected chi connectivity index (χ0v) is 12.7. The average molecular weight is 338 g/mol. The van der Waals surface area contributed by atoms with Crippen molar-refractivity contribution >= 4 is 11.0 Å². The van der Waals surface area contributed by atoms with Gasteiger partial charge in [-0.2, -0.15) is 13.2 Å². The summed E-state index contributed by atoms with van der Waals surface area (Å²) in [5, 5.41) is 0. The van der Waals surface area contributed by atoms with Gasteiger partial charge in [0.05, 0.1) is 11.0 Å². The number of aromatic amines is 1. The Morgan fingerprint density at radius 3 is 2.50 bits per heavy atom. The first-order valence-corrected chi connectivity index (χ1v) is 7.26. The van der Waals surface area contributed by atoms with Crippen LogP contribution in [0.2, 0.25) is 0 Å². The second-order valence-electron chi connectivity index (χ2n) is 5.48. The SMILES string of the molecule is CC(c1ccc(OCC(F)(F)F)cc1)c1nc2ccc(F)cc2[nH]1. The number of rotatable bonds is 4. The topological polar surface area (TPSA) is 37.9 Å². The normalized spacial score (nSPS) is 13.2. The van der Waals surface area contributed by atoms with Crippen LogP contribution < -0.4 is 4.74 Å². The predicted octanol–water partition coefficient (Wildman–Crippen LogP) is 4.79. The molecule has 0 spiro atoms. The van der Waals surface area contributed by atoms with E-state index in [1.165, 1.54) is 24.3 Å². The highest BCUT2D eigenvalue weighted by molar-refractivity contribution is 5.75. The van der Waals surface area contributed by atoms with Crippen LogP contribution in [0, 0.1) is 5.82 Å². The van der Waals surface area contributed by atoms with E-state index >= 15 is 0 Å². The molecule has 3 rings (SSSR count). The van der Waals surface area contributed by atoms with Gasteiger partial charge in [0.25, 0.3) is 0 Å². The highest BCUT2D eigenvalue weighted by atomic mass is 19.4. The number of ether oxygens (including phenoxy) is 1. The van der Waals surface area contributed by atoms with Gasteiger partial charge in [-0.25, -0.2) is 9.37 Å². The Labute approximate surface area is 135 Å². The van der Waals surface area contributed by atoms with E-state index in [-0.39, 0.29) is 17.5 Å². The summed E-state index contributed by atoms with van der Waals surface area (Å²) in [6.07, 6.45) is -4.37. The zero-order valence-electron chi connectivity index (χ0n) is 12.7. The summed E-state index contributed by atoms with van der Waals surface area (Å²) in [4.78, 5) is 7.48. The highest BCUT2D eigenvalue weighted by Crippen LogP contribution is 2.26. The van der Waals surface area contributed by atoms with Crippen LogP contribution in [0.15, 0.2) is 42.5 Å². The zero-order chi connectivity index (χ0) is 17.3. The molecule has 0 saturated carbocycles. The summed E-state index contributed by atoms with van der Waals surface area (Å²) in [5.41, 5.74) is 2.11. The van der Waals surface area contributed by atoms with Gasteiger partial charge >= 0.3 is 6.18 Å². The summed E-state index contributed by atoms with van der Waals surface area (Å²) in [6, 6.07) is 10.6. The minimum absolute atomic E-state index is 0.128. The van der Waals surface area contributed by atoms with E-state index in [9.17, 15) is 17.6 Å². The number of hydrogen-bond donors (Lipinski definition) is 1. The van der Waals surface area contributed by atoms with Gasteiger partial charge in [0.2, 0.25) is 0 Å². The van der Waals surface area contributed by atoms with Crippen molar-refractivity contribution in [1.82, 2.24) is 9.97 Å². The third-order valence-corrected chi connectivity index (χ3v) is 3.65. The first-order chi connectivity index (χ1) is 11.3. The fraction of sp³-hybridized carbons (Fsp3) is 0.235. The van der Waals surface area contributed by atoms with Crippen molar-refractivity contribution in [1.29, 1.82) is 0 Å². The summed E-state index contributed by atoms with van der Waals surface area (Å²) < 4.78 is 54.3. The molecule has 24 heavy (non-hydrogen) atoms. The summed E-state index contributed by atoms with van der Waals surface area (Å²) >= 11 is 0. The number of fused-ring (bicyclic) bond motifs is 1. The van der Waals surface area contributed by atoms with Crippen LogP contribution in [0.5, 0.6) is 5.75 Å². The molecule has 0 fully saturated rings. The third kappa shape index (κ3) is 3.67. The molecule has 1 heterocycles. The molecule has 126 valence electrons. The Morgan fingerprint density at radius 2 is 1.83 bits per heavy atom. The Balaban J connectivity index is 1.77. The number of nitrogens with one attached hydrogen (secondary N) is 1. The Morgan fingerprint density at radius 1 is 1.12 bits per heavy atom. The Kier molecular flexibility index (Phi) is 4.17. The average Bonchev–Trinajstić information content (AvgIpc) is 2.95. The van der Waals surface area contributed by atoms with Gasteiger partial charge in [0.15, 0.2) is 6.61 Å². The van der Waals surface area contributed by atoms with E-state index in [0.29, 0.717) is 16.9 Å². The maximum Gasteiger partial charge on any atom is 0.422 e. The van der Waals surface area contributed by atoms with E-state index < -0.39 is 12.8 Å². The molecule has 0 aliphatic heterocycles. The molecule has 0 bridgehead atoms. The number of imidazole rings is 1. The van der Waals surface area contributed by atoms with E-state index in [0.717, 1.165) is 5.56 Å². The lowest BCUT2D eigenvalue weighted by Gasteiger charge is -2.12. The molecular weight excluding hydrogens is 324 g/mol. The molecule has 1 aromatic heterocycles. The van der Waals surface area contributed by atoms with Crippen molar-refractivity contribution in [3.05, 3.63) is 59.7 Å². The summed E-state index contributed by atoms with van der Waals surface area (Å²) in [7, 11) is 0. The van der Waals surface area contributed by atoms with Crippen LogP contribution in [-0.2, 0) is 0 Å². The number of H-pyrrole nitrogens is 1. The largest absolute Gasteiger partial charge is 0.484 e. The van der Waals surface area contributed by atoms with E-state index in [4.69, 9.17) is 0 Å². The van der Waals surface area contributed by atoms with Gasteiger partial charge in [-0.1, -0.05) is 19.1 Å². The summed E-state index contributed by atoms with van der Waals surface area (Å²) in [6.45, 7) is 0.580. The van der Waals surface area contributed by atoms with E-state index in [2.05, 4.69) is 14.7 Å². The molecule has 0 radical (unpaired) electrons. The first kappa shape index (κ1) is 16.3. The molecule has 1 N–H and O–H groups in total.